The van der Waals surface area contributed by atoms with Crippen molar-refractivity contribution in [1.82, 2.24) is 0 Å². The first-order valence-electron chi connectivity index (χ1n) is 3.83. The summed E-state index contributed by atoms with van der Waals surface area (Å²) in [4.78, 5) is 0. The topological polar surface area (TPSA) is 0 Å². The Labute approximate surface area is 73.2 Å². The van der Waals surface area contributed by atoms with Crippen molar-refractivity contribution >= 4 is 11.6 Å². The molecule has 0 nitrogen and oxygen atoms in total. The fraction of sp³-hybridized carbons (Fsp3) is 0.400. The Morgan fingerprint density at radius 1 is 1.27 bits per heavy atom. The zero-order valence-corrected chi connectivity index (χ0v) is 7.94. The normalized spacial score (nSPS) is 13.1. The van der Waals surface area contributed by atoms with Crippen molar-refractivity contribution in [2.75, 3.05) is 0 Å². The number of aryl methyl sites for hydroxylation is 1. The highest BCUT2D eigenvalue weighted by atomic mass is 35.5. The van der Waals surface area contributed by atoms with Gasteiger partial charge in [0.05, 0.1) is 5.38 Å². The van der Waals surface area contributed by atoms with Crippen molar-refractivity contribution < 1.29 is 0 Å². The highest BCUT2D eigenvalue weighted by Crippen LogP contribution is 2.24. The van der Waals surface area contributed by atoms with E-state index in [4.69, 9.17) is 11.6 Å². The van der Waals surface area contributed by atoms with Crippen LogP contribution in [0.2, 0.25) is 0 Å². The molecular formula is C10H13Cl. The number of halogens is 1. The number of rotatable bonds is 1. The van der Waals surface area contributed by atoms with Crippen molar-refractivity contribution in [3.05, 3.63) is 34.9 Å². The molecule has 11 heavy (non-hydrogen) atoms. The fourth-order valence-corrected chi connectivity index (χ4v) is 1.44. The van der Waals surface area contributed by atoms with E-state index in [1.807, 2.05) is 6.92 Å². The summed E-state index contributed by atoms with van der Waals surface area (Å²) < 4.78 is 0. The van der Waals surface area contributed by atoms with E-state index in [0.29, 0.717) is 0 Å². The number of hydrogen-bond donors (Lipinski definition) is 0. The summed E-state index contributed by atoms with van der Waals surface area (Å²) in [5.74, 6) is 0. The Kier molecular flexibility index (Phi) is 2.56. The highest BCUT2D eigenvalue weighted by molar-refractivity contribution is 6.20. The molecule has 1 atom stereocenters. The van der Waals surface area contributed by atoms with Crippen LogP contribution in [-0.4, -0.2) is 0 Å². The van der Waals surface area contributed by atoms with Gasteiger partial charge in [-0.1, -0.05) is 18.2 Å². The van der Waals surface area contributed by atoms with E-state index in [0.717, 1.165) is 0 Å². The van der Waals surface area contributed by atoms with Crippen LogP contribution in [0.3, 0.4) is 0 Å². The maximum atomic E-state index is 5.98. The molecule has 0 unspecified atom stereocenters. The minimum atomic E-state index is 0.120. The lowest BCUT2D eigenvalue weighted by Crippen LogP contribution is -1.91. The molecule has 1 aromatic rings. The molecule has 0 saturated carbocycles. The summed E-state index contributed by atoms with van der Waals surface area (Å²) in [5.41, 5.74) is 3.87. The summed E-state index contributed by atoms with van der Waals surface area (Å²) in [6, 6.07) is 6.24. The number of hydrogen-bond acceptors (Lipinski definition) is 0. The minimum Gasteiger partial charge on any atom is -0.118 e. The highest BCUT2D eigenvalue weighted by Gasteiger charge is 2.04. The molecule has 1 heteroatoms. The predicted octanol–water partition coefficient (Wildman–Crippen LogP) is 3.60. The molecule has 0 radical (unpaired) electrons. The van der Waals surface area contributed by atoms with Gasteiger partial charge >= 0.3 is 0 Å². The predicted molar refractivity (Wildman–Crippen MR) is 50.2 cm³/mol. The van der Waals surface area contributed by atoms with Gasteiger partial charge in [-0.15, -0.1) is 11.6 Å². The Bertz CT molecular complexity index is 251. The second kappa shape index (κ2) is 3.27. The second-order valence-corrected chi connectivity index (χ2v) is 3.56. The van der Waals surface area contributed by atoms with Gasteiger partial charge in [0.1, 0.15) is 0 Å². The van der Waals surface area contributed by atoms with Crippen LogP contribution in [0.25, 0.3) is 0 Å². The summed E-state index contributed by atoms with van der Waals surface area (Å²) >= 11 is 5.98. The third-order valence-electron chi connectivity index (χ3n) is 2.08. The zero-order valence-electron chi connectivity index (χ0n) is 7.19. The van der Waals surface area contributed by atoms with Gasteiger partial charge < -0.3 is 0 Å². The smallest absolute Gasteiger partial charge is 0.0559 e. The van der Waals surface area contributed by atoms with E-state index < -0.39 is 0 Å². The molecule has 0 aliphatic rings. The molecule has 0 spiro atoms. The molecule has 1 aromatic carbocycles. The Hall–Kier alpha value is -0.490. The first-order valence-corrected chi connectivity index (χ1v) is 4.26. The molecule has 0 bridgehead atoms. The van der Waals surface area contributed by atoms with Gasteiger partial charge in [-0.2, -0.15) is 0 Å². The van der Waals surface area contributed by atoms with Crippen LogP contribution in [0.5, 0.6) is 0 Å². The van der Waals surface area contributed by atoms with Gasteiger partial charge in [0.2, 0.25) is 0 Å². The van der Waals surface area contributed by atoms with E-state index in [9.17, 15) is 0 Å². The lowest BCUT2D eigenvalue weighted by molar-refractivity contribution is 1.05. The zero-order chi connectivity index (χ0) is 8.43. The lowest BCUT2D eigenvalue weighted by atomic mass is 10.0. The molecule has 1 rings (SSSR count). The quantitative estimate of drug-likeness (QED) is 0.562. The van der Waals surface area contributed by atoms with Crippen LogP contribution >= 0.6 is 11.6 Å². The maximum Gasteiger partial charge on any atom is 0.0559 e. The first-order chi connectivity index (χ1) is 5.13. The summed E-state index contributed by atoms with van der Waals surface area (Å²) in [6.45, 7) is 6.23. The molecule has 0 aromatic heterocycles. The minimum absolute atomic E-state index is 0.120. The Morgan fingerprint density at radius 2 is 1.91 bits per heavy atom. The van der Waals surface area contributed by atoms with Crippen LogP contribution < -0.4 is 0 Å². The van der Waals surface area contributed by atoms with Crippen molar-refractivity contribution in [3.8, 4) is 0 Å². The van der Waals surface area contributed by atoms with Crippen molar-refractivity contribution in [2.45, 2.75) is 26.1 Å². The maximum absolute atomic E-state index is 5.98. The fourth-order valence-electron chi connectivity index (χ4n) is 1.20. The van der Waals surface area contributed by atoms with Crippen LogP contribution in [-0.2, 0) is 0 Å². The number of alkyl halides is 1. The van der Waals surface area contributed by atoms with Gasteiger partial charge in [0, 0.05) is 0 Å². The summed E-state index contributed by atoms with van der Waals surface area (Å²) in [5, 5.41) is 0.120. The third kappa shape index (κ3) is 1.75. The standard InChI is InChI=1S/C10H13Cl/c1-7-5-4-6-10(8(7)2)9(3)11/h4-6,9H,1-3H3/t9-/m0/s1. The van der Waals surface area contributed by atoms with E-state index in [-0.39, 0.29) is 5.38 Å². The van der Waals surface area contributed by atoms with Crippen LogP contribution in [0.1, 0.15) is 29.0 Å². The van der Waals surface area contributed by atoms with E-state index in [2.05, 4.69) is 32.0 Å². The van der Waals surface area contributed by atoms with Crippen molar-refractivity contribution in [3.63, 3.8) is 0 Å². The number of benzene rings is 1. The van der Waals surface area contributed by atoms with Crippen molar-refractivity contribution in [1.29, 1.82) is 0 Å². The Balaban J connectivity index is 3.17. The van der Waals surface area contributed by atoms with Gasteiger partial charge in [-0.3, -0.25) is 0 Å². The molecule has 0 aliphatic carbocycles. The van der Waals surface area contributed by atoms with Gasteiger partial charge in [-0.25, -0.2) is 0 Å². The van der Waals surface area contributed by atoms with Gasteiger partial charge in [-0.05, 0) is 37.5 Å². The first kappa shape index (κ1) is 8.61. The van der Waals surface area contributed by atoms with Gasteiger partial charge in [0.15, 0.2) is 0 Å². The third-order valence-corrected chi connectivity index (χ3v) is 2.31. The second-order valence-electron chi connectivity index (χ2n) is 2.91. The van der Waals surface area contributed by atoms with Crippen molar-refractivity contribution in [2.24, 2.45) is 0 Å². The van der Waals surface area contributed by atoms with Crippen LogP contribution in [0, 0.1) is 13.8 Å². The van der Waals surface area contributed by atoms with E-state index in [1.165, 1.54) is 16.7 Å². The molecule has 0 heterocycles. The van der Waals surface area contributed by atoms with E-state index in [1.54, 1.807) is 0 Å². The molecule has 0 saturated heterocycles. The molecule has 0 N–H and O–H groups in total. The molecule has 0 fully saturated rings. The molecule has 0 aliphatic heterocycles. The molecule has 0 amide bonds. The largest absolute Gasteiger partial charge is 0.118 e. The Morgan fingerprint density at radius 3 is 2.36 bits per heavy atom. The van der Waals surface area contributed by atoms with Crippen LogP contribution in [0.15, 0.2) is 18.2 Å². The van der Waals surface area contributed by atoms with E-state index >= 15 is 0 Å². The molecule has 60 valence electrons. The average Bonchev–Trinajstić information content (AvgIpc) is 1.94. The monoisotopic (exact) mass is 168 g/mol. The van der Waals surface area contributed by atoms with Crippen LogP contribution in [0.4, 0.5) is 0 Å². The SMILES string of the molecule is Cc1cccc([C@H](C)Cl)c1C. The lowest BCUT2D eigenvalue weighted by Gasteiger charge is -2.09. The van der Waals surface area contributed by atoms with Gasteiger partial charge in [0.25, 0.3) is 0 Å². The summed E-state index contributed by atoms with van der Waals surface area (Å²) in [6.07, 6.45) is 0. The molecular weight excluding hydrogens is 156 g/mol. The summed E-state index contributed by atoms with van der Waals surface area (Å²) in [7, 11) is 0. The average molecular weight is 169 g/mol.